The molecule has 0 aliphatic rings. The third kappa shape index (κ3) is 1.19. The van der Waals surface area contributed by atoms with Crippen molar-refractivity contribution in [3.05, 3.63) is 17.4 Å². The van der Waals surface area contributed by atoms with Crippen molar-refractivity contribution >= 4 is 17.6 Å². The molecule has 10 heavy (non-hydrogen) atoms. The normalized spacial score (nSPS) is 11.9. The fourth-order valence-corrected chi connectivity index (χ4v) is 0.608. The van der Waals surface area contributed by atoms with Crippen LogP contribution >= 0.6 is 11.6 Å². The number of hydrogen-bond acceptors (Lipinski definition) is 3. The zero-order valence-electron chi connectivity index (χ0n) is 4.90. The van der Waals surface area contributed by atoms with Gasteiger partial charge in [0, 0.05) is 0 Å². The van der Waals surface area contributed by atoms with Crippen LogP contribution in [0.3, 0.4) is 0 Å². The average Bonchev–Trinajstić information content (AvgIpc) is 2.34. The van der Waals surface area contributed by atoms with Crippen LogP contribution in [0.25, 0.3) is 0 Å². The standard InChI is InChI=1S/C4H5ClN4O/c5-3-1-7-9(2-3)4(6)8-10/h1-2,10H,(H2,6,8). The smallest absolute Gasteiger partial charge is 0.258 e. The van der Waals surface area contributed by atoms with Crippen molar-refractivity contribution in [2.24, 2.45) is 10.9 Å². The average molecular weight is 161 g/mol. The first-order valence-corrected chi connectivity index (χ1v) is 2.80. The number of oxime groups is 1. The lowest BCUT2D eigenvalue weighted by Gasteiger charge is -1.92. The molecule has 0 radical (unpaired) electrons. The lowest BCUT2D eigenvalue weighted by molar-refractivity contribution is 0.315. The molecule has 0 aliphatic carbocycles. The fourth-order valence-electron chi connectivity index (χ4n) is 0.472. The molecule has 54 valence electrons. The van der Waals surface area contributed by atoms with Crippen molar-refractivity contribution in [1.82, 2.24) is 9.78 Å². The summed E-state index contributed by atoms with van der Waals surface area (Å²) in [5, 5.41) is 15.0. The second-order valence-corrected chi connectivity index (χ2v) is 2.00. The van der Waals surface area contributed by atoms with E-state index in [1.807, 2.05) is 0 Å². The van der Waals surface area contributed by atoms with Gasteiger partial charge in [-0.3, -0.25) is 0 Å². The summed E-state index contributed by atoms with van der Waals surface area (Å²) in [6.45, 7) is 0. The summed E-state index contributed by atoms with van der Waals surface area (Å²) in [7, 11) is 0. The summed E-state index contributed by atoms with van der Waals surface area (Å²) in [6, 6.07) is 0. The molecule has 1 aromatic rings. The monoisotopic (exact) mass is 160 g/mol. The molecule has 0 fully saturated rings. The van der Waals surface area contributed by atoms with Gasteiger partial charge in [-0.1, -0.05) is 11.6 Å². The van der Waals surface area contributed by atoms with Crippen LogP contribution in [0.1, 0.15) is 0 Å². The van der Waals surface area contributed by atoms with E-state index in [-0.39, 0.29) is 5.96 Å². The zero-order chi connectivity index (χ0) is 7.56. The minimum Gasteiger partial charge on any atom is -0.408 e. The first-order valence-electron chi connectivity index (χ1n) is 2.42. The van der Waals surface area contributed by atoms with Crippen molar-refractivity contribution in [2.75, 3.05) is 0 Å². The summed E-state index contributed by atoms with van der Waals surface area (Å²) >= 11 is 5.49. The highest BCUT2D eigenvalue weighted by Crippen LogP contribution is 2.03. The molecule has 0 aromatic carbocycles. The van der Waals surface area contributed by atoms with E-state index >= 15 is 0 Å². The van der Waals surface area contributed by atoms with Crippen LogP contribution < -0.4 is 5.73 Å². The van der Waals surface area contributed by atoms with Crippen LogP contribution in [0.4, 0.5) is 0 Å². The van der Waals surface area contributed by atoms with Crippen LogP contribution in [0.5, 0.6) is 0 Å². The van der Waals surface area contributed by atoms with Crippen molar-refractivity contribution < 1.29 is 5.21 Å². The number of nitrogens with zero attached hydrogens (tertiary/aromatic N) is 3. The Morgan fingerprint density at radius 3 is 3.00 bits per heavy atom. The highest BCUT2D eigenvalue weighted by atomic mass is 35.5. The Balaban J connectivity index is 2.95. The molecule has 0 atom stereocenters. The van der Waals surface area contributed by atoms with Gasteiger partial charge < -0.3 is 10.9 Å². The van der Waals surface area contributed by atoms with E-state index in [0.717, 1.165) is 4.68 Å². The van der Waals surface area contributed by atoms with Crippen LogP contribution in [-0.2, 0) is 0 Å². The Morgan fingerprint density at radius 1 is 1.90 bits per heavy atom. The van der Waals surface area contributed by atoms with Crippen LogP contribution in [0, 0.1) is 0 Å². The fraction of sp³-hybridized carbons (Fsp3) is 0. The molecule has 3 N–H and O–H groups in total. The van der Waals surface area contributed by atoms with Crippen molar-refractivity contribution in [3.63, 3.8) is 0 Å². The molecular weight excluding hydrogens is 156 g/mol. The van der Waals surface area contributed by atoms with Crippen LogP contribution in [0.2, 0.25) is 5.02 Å². The number of rotatable bonds is 0. The van der Waals surface area contributed by atoms with Gasteiger partial charge in [0.05, 0.1) is 17.4 Å². The number of nitrogens with two attached hydrogens (primary N) is 1. The number of halogens is 1. The molecule has 1 heterocycles. The van der Waals surface area contributed by atoms with E-state index in [4.69, 9.17) is 22.5 Å². The van der Waals surface area contributed by atoms with Gasteiger partial charge in [0.2, 0.25) is 0 Å². The predicted molar refractivity (Wildman–Crippen MR) is 36.0 cm³/mol. The maximum Gasteiger partial charge on any atom is 0.258 e. The molecule has 1 aromatic heterocycles. The minimum absolute atomic E-state index is 0.119. The van der Waals surface area contributed by atoms with Crippen molar-refractivity contribution in [3.8, 4) is 0 Å². The van der Waals surface area contributed by atoms with Gasteiger partial charge in [-0.05, 0) is 5.16 Å². The van der Waals surface area contributed by atoms with Gasteiger partial charge in [-0.2, -0.15) is 5.10 Å². The summed E-state index contributed by atoms with van der Waals surface area (Å²) in [4.78, 5) is 0. The van der Waals surface area contributed by atoms with Gasteiger partial charge in [0.15, 0.2) is 0 Å². The van der Waals surface area contributed by atoms with Gasteiger partial charge >= 0.3 is 0 Å². The van der Waals surface area contributed by atoms with Gasteiger partial charge in [0.1, 0.15) is 0 Å². The van der Waals surface area contributed by atoms with Crippen LogP contribution in [-0.4, -0.2) is 20.9 Å². The Morgan fingerprint density at radius 2 is 2.60 bits per heavy atom. The third-order valence-electron chi connectivity index (χ3n) is 0.888. The Kier molecular flexibility index (Phi) is 1.77. The first kappa shape index (κ1) is 6.88. The molecule has 5 nitrogen and oxygen atoms in total. The largest absolute Gasteiger partial charge is 0.408 e. The highest BCUT2D eigenvalue weighted by molar-refractivity contribution is 6.30. The summed E-state index contributed by atoms with van der Waals surface area (Å²) in [5.74, 6) is -0.119. The number of aromatic nitrogens is 2. The molecule has 0 spiro atoms. The van der Waals surface area contributed by atoms with E-state index in [9.17, 15) is 0 Å². The maximum absolute atomic E-state index is 8.16. The quantitative estimate of drug-likeness (QED) is 0.244. The third-order valence-corrected chi connectivity index (χ3v) is 1.08. The minimum atomic E-state index is -0.119. The Labute approximate surface area is 61.7 Å². The van der Waals surface area contributed by atoms with E-state index < -0.39 is 0 Å². The molecular formula is C4H5ClN4O. The Bertz CT molecular complexity index is 256. The second-order valence-electron chi connectivity index (χ2n) is 1.56. The van der Waals surface area contributed by atoms with E-state index in [1.165, 1.54) is 12.4 Å². The molecule has 6 heteroatoms. The lowest BCUT2D eigenvalue weighted by atomic mass is 10.7. The van der Waals surface area contributed by atoms with E-state index in [0.29, 0.717) is 5.02 Å². The van der Waals surface area contributed by atoms with Crippen LogP contribution in [0.15, 0.2) is 17.5 Å². The predicted octanol–water partition coefficient (Wildman–Crippen LogP) is 0.0885. The first-order chi connectivity index (χ1) is 4.74. The van der Waals surface area contributed by atoms with E-state index in [2.05, 4.69) is 10.3 Å². The molecule has 0 aliphatic heterocycles. The van der Waals surface area contributed by atoms with Gasteiger partial charge in [-0.15, -0.1) is 0 Å². The SMILES string of the molecule is NC(=NO)n1cc(Cl)cn1. The molecule has 0 unspecified atom stereocenters. The number of hydrogen-bond donors (Lipinski definition) is 2. The molecule has 0 bridgehead atoms. The molecule has 0 saturated heterocycles. The topological polar surface area (TPSA) is 76.4 Å². The van der Waals surface area contributed by atoms with Crippen molar-refractivity contribution in [1.29, 1.82) is 0 Å². The van der Waals surface area contributed by atoms with Gasteiger partial charge in [-0.25, -0.2) is 4.68 Å². The van der Waals surface area contributed by atoms with Crippen molar-refractivity contribution in [2.45, 2.75) is 0 Å². The van der Waals surface area contributed by atoms with E-state index in [1.54, 1.807) is 0 Å². The molecule has 1 rings (SSSR count). The summed E-state index contributed by atoms with van der Waals surface area (Å²) < 4.78 is 1.16. The Hall–Kier alpha value is -1.23. The van der Waals surface area contributed by atoms with Gasteiger partial charge in [0.25, 0.3) is 5.96 Å². The lowest BCUT2D eigenvalue weighted by Crippen LogP contribution is -2.22. The zero-order valence-corrected chi connectivity index (χ0v) is 5.65. The highest BCUT2D eigenvalue weighted by Gasteiger charge is 1.97. The second kappa shape index (κ2) is 2.57. The maximum atomic E-state index is 8.16. The summed E-state index contributed by atoms with van der Waals surface area (Å²) in [5.41, 5.74) is 5.15. The summed E-state index contributed by atoms with van der Waals surface area (Å²) in [6.07, 6.45) is 2.82. The molecule has 0 saturated carbocycles. The molecule has 0 amide bonds.